The van der Waals surface area contributed by atoms with Crippen molar-refractivity contribution in [3.8, 4) is 0 Å². The van der Waals surface area contributed by atoms with Gasteiger partial charge in [-0.3, -0.25) is 4.68 Å². The smallest absolute Gasteiger partial charge is 0.0641 e. The molecule has 0 fully saturated rings. The van der Waals surface area contributed by atoms with Crippen LogP contribution in [0.4, 0.5) is 0 Å². The van der Waals surface area contributed by atoms with Crippen molar-refractivity contribution in [2.24, 2.45) is 7.05 Å². The van der Waals surface area contributed by atoms with Crippen LogP contribution in [0.15, 0.2) is 12.7 Å². The molecule has 0 aliphatic heterocycles. The Balaban J connectivity index is 2.71. The normalized spacial score (nSPS) is 12.9. The number of hydrogen-bond donors (Lipinski definition) is 1. The Morgan fingerprint density at radius 3 is 2.64 bits per heavy atom. The fourth-order valence-electron chi connectivity index (χ4n) is 1.42. The van der Waals surface area contributed by atoms with Crippen LogP contribution in [0, 0.1) is 13.8 Å². The topological polar surface area (TPSA) is 29.9 Å². The van der Waals surface area contributed by atoms with Crippen molar-refractivity contribution in [1.82, 2.24) is 15.1 Å². The van der Waals surface area contributed by atoms with Crippen molar-refractivity contribution in [1.29, 1.82) is 0 Å². The summed E-state index contributed by atoms with van der Waals surface area (Å²) in [5, 5.41) is 7.74. The monoisotopic (exact) mass is 193 g/mol. The average Bonchev–Trinajstić information content (AvgIpc) is 2.39. The van der Waals surface area contributed by atoms with Crippen LogP contribution in [0.3, 0.4) is 0 Å². The van der Waals surface area contributed by atoms with Crippen LogP contribution in [0.1, 0.15) is 23.9 Å². The van der Waals surface area contributed by atoms with Gasteiger partial charge in [-0.05, 0) is 20.8 Å². The third-order valence-corrected chi connectivity index (χ3v) is 2.61. The van der Waals surface area contributed by atoms with E-state index < -0.39 is 0 Å². The third kappa shape index (κ3) is 2.23. The van der Waals surface area contributed by atoms with Crippen molar-refractivity contribution in [2.45, 2.75) is 33.4 Å². The predicted molar refractivity (Wildman–Crippen MR) is 59.2 cm³/mol. The van der Waals surface area contributed by atoms with Crippen LogP contribution >= 0.6 is 0 Å². The highest BCUT2D eigenvalue weighted by Crippen LogP contribution is 2.11. The standard InChI is InChI=1S/C11H19N3/c1-6-8(2)12-7-11-9(3)13-14(5)10(11)4/h6,8,12H,1,7H2,2-5H3. The number of aryl methyl sites for hydroxylation is 2. The summed E-state index contributed by atoms with van der Waals surface area (Å²) in [6.07, 6.45) is 1.90. The first-order valence-electron chi connectivity index (χ1n) is 4.91. The van der Waals surface area contributed by atoms with E-state index in [0.717, 1.165) is 12.2 Å². The van der Waals surface area contributed by atoms with E-state index in [1.807, 2.05) is 24.7 Å². The van der Waals surface area contributed by atoms with Crippen molar-refractivity contribution in [2.75, 3.05) is 0 Å². The zero-order chi connectivity index (χ0) is 10.7. The lowest BCUT2D eigenvalue weighted by molar-refractivity contribution is 0.629. The summed E-state index contributed by atoms with van der Waals surface area (Å²) in [7, 11) is 1.97. The second-order valence-electron chi connectivity index (χ2n) is 3.68. The van der Waals surface area contributed by atoms with E-state index in [2.05, 4.69) is 30.8 Å². The molecule has 0 aliphatic carbocycles. The number of aromatic nitrogens is 2. The van der Waals surface area contributed by atoms with Crippen molar-refractivity contribution in [3.63, 3.8) is 0 Å². The Hall–Kier alpha value is -1.09. The Morgan fingerprint density at radius 2 is 2.21 bits per heavy atom. The fraction of sp³-hybridized carbons (Fsp3) is 0.545. The zero-order valence-corrected chi connectivity index (χ0v) is 9.46. The molecule has 1 aromatic rings. The molecule has 1 unspecified atom stereocenters. The molecule has 1 rings (SSSR count). The number of hydrogen-bond acceptors (Lipinski definition) is 2. The van der Waals surface area contributed by atoms with E-state index in [9.17, 15) is 0 Å². The number of nitrogens with zero attached hydrogens (tertiary/aromatic N) is 2. The first-order valence-corrected chi connectivity index (χ1v) is 4.91. The van der Waals surface area contributed by atoms with Gasteiger partial charge in [0.05, 0.1) is 5.69 Å². The first kappa shape index (κ1) is 11.0. The average molecular weight is 193 g/mol. The summed E-state index contributed by atoms with van der Waals surface area (Å²) in [4.78, 5) is 0. The van der Waals surface area contributed by atoms with E-state index in [1.54, 1.807) is 0 Å². The molecule has 0 aliphatic rings. The molecule has 0 saturated heterocycles. The summed E-state index contributed by atoms with van der Waals surface area (Å²) in [6, 6.07) is 0.342. The second kappa shape index (κ2) is 4.42. The van der Waals surface area contributed by atoms with Crippen LogP contribution < -0.4 is 5.32 Å². The van der Waals surface area contributed by atoms with Crippen molar-refractivity contribution in [3.05, 3.63) is 29.6 Å². The molecular formula is C11H19N3. The van der Waals surface area contributed by atoms with Crippen molar-refractivity contribution >= 4 is 0 Å². The van der Waals surface area contributed by atoms with Gasteiger partial charge < -0.3 is 5.32 Å². The molecule has 0 radical (unpaired) electrons. The Bertz CT molecular complexity index is 326. The molecule has 78 valence electrons. The van der Waals surface area contributed by atoms with Gasteiger partial charge in [0, 0.05) is 30.9 Å². The van der Waals surface area contributed by atoms with E-state index >= 15 is 0 Å². The molecule has 1 atom stereocenters. The highest BCUT2D eigenvalue weighted by molar-refractivity contribution is 5.24. The maximum Gasteiger partial charge on any atom is 0.0641 e. The summed E-state index contributed by atoms with van der Waals surface area (Å²) in [5.74, 6) is 0. The lowest BCUT2D eigenvalue weighted by Gasteiger charge is -2.08. The second-order valence-corrected chi connectivity index (χ2v) is 3.68. The number of rotatable bonds is 4. The third-order valence-electron chi connectivity index (χ3n) is 2.61. The van der Waals surface area contributed by atoms with Gasteiger partial charge in [0.25, 0.3) is 0 Å². The van der Waals surface area contributed by atoms with Gasteiger partial charge in [-0.2, -0.15) is 5.10 Å². The maximum atomic E-state index is 4.37. The van der Waals surface area contributed by atoms with Crippen molar-refractivity contribution < 1.29 is 0 Å². The molecule has 14 heavy (non-hydrogen) atoms. The minimum Gasteiger partial charge on any atom is -0.307 e. The fourth-order valence-corrected chi connectivity index (χ4v) is 1.42. The molecule has 0 amide bonds. The summed E-state index contributed by atoms with van der Waals surface area (Å²) >= 11 is 0. The van der Waals surface area contributed by atoms with Gasteiger partial charge in [0.1, 0.15) is 0 Å². The minimum atomic E-state index is 0.342. The van der Waals surface area contributed by atoms with Gasteiger partial charge in [-0.25, -0.2) is 0 Å². The quantitative estimate of drug-likeness (QED) is 0.738. The highest BCUT2D eigenvalue weighted by atomic mass is 15.3. The molecule has 3 nitrogen and oxygen atoms in total. The van der Waals surface area contributed by atoms with Crippen LogP contribution in [0.2, 0.25) is 0 Å². The molecule has 0 aromatic carbocycles. The van der Waals surface area contributed by atoms with E-state index in [-0.39, 0.29) is 0 Å². The van der Waals surface area contributed by atoms with Gasteiger partial charge in [0.2, 0.25) is 0 Å². The van der Waals surface area contributed by atoms with E-state index in [1.165, 1.54) is 11.3 Å². The first-order chi connectivity index (χ1) is 6.56. The van der Waals surface area contributed by atoms with Crippen LogP contribution in [0.5, 0.6) is 0 Å². The van der Waals surface area contributed by atoms with Crippen LogP contribution in [0.25, 0.3) is 0 Å². The molecule has 3 heteroatoms. The van der Waals surface area contributed by atoms with Gasteiger partial charge in [-0.1, -0.05) is 6.08 Å². The summed E-state index contributed by atoms with van der Waals surface area (Å²) in [6.45, 7) is 10.8. The maximum absolute atomic E-state index is 4.37. The largest absolute Gasteiger partial charge is 0.307 e. The lowest BCUT2D eigenvalue weighted by atomic mass is 10.2. The molecule has 0 spiro atoms. The highest BCUT2D eigenvalue weighted by Gasteiger charge is 2.08. The lowest BCUT2D eigenvalue weighted by Crippen LogP contribution is -2.23. The SMILES string of the molecule is C=CC(C)NCc1c(C)nn(C)c1C. The summed E-state index contributed by atoms with van der Waals surface area (Å²) < 4.78 is 1.92. The predicted octanol–water partition coefficient (Wildman–Crippen LogP) is 1.70. The van der Waals surface area contributed by atoms with Crippen LogP contribution in [-0.2, 0) is 13.6 Å². The van der Waals surface area contributed by atoms with Gasteiger partial charge in [-0.15, -0.1) is 6.58 Å². The molecule has 1 heterocycles. The minimum absolute atomic E-state index is 0.342. The molecule has 0 saturated carbocycles. The zero-order valence-electron chi connectivity index (χ0n) is 9.46. The molecule has 1 aromatic heterocycles. The Kier molecular flexibility index (Phi) is 3.47. The van der Waals surface area contributed by atoms with Crippen LogP contribution in [-0.4, -0.2) is 15.8 Å². The van der Waals surface area contributed by atoms with E-state index in [4.69, 9.17) is 0 Å². The Labute approximate surface area is 85.8 Å². The molecule has 0 bridgehead atoms. The number of nitrogens with one attached hydrogen (secondary N) is 1. The Morgan fingerprint density at radius 1 is 1.57 bits per heavy atom. The molecule has 1 N–H and O–H groups in total. The van der Waals surface area contributed by atoms with E-state index in [0.29, 0.717) is 6.04 Å². The van der Waals surface area contributed by atoms with Gasteiger partial charge >= 0.3 is 0 Å². The van der Waals surface area contributed by atoms with Gasteiger partial charge in [0.15, 0.2) is 0 Å². The molecular weight excluding hydrogens is 174 g/mol. The summed E-state index contributed by atoms with van der Waals surface area (Å²) in [5.41, 5.74) is 3.63.